The fourth-order valence-corrected chi connectivity index (χ4v) is 4.17. The minimum absolute atomic E-state index is 0.195. The average molecular weight is 379 g/mol. The van der Waals surface area contributed by atoms with Gasteiger partial charge in [0, 0.05) is 30.4 Å². The monoisotopic (exact) mass is 379 g/mol. The Kier molecular flexibility index (Phi) is 4.66. The lowest BCUT2D eigenvalue weighted by atomic mass is 10.1. The number of aromatic nitrogens is 3. The van der Waals surface area contributed by atoms with Crippen LogP contribution in [0.1, 0.15) is 47.3 Å². The molecule has 0 aromatic carbocycles. The van der Waals surface area contributed by atoms with Gasteiger partial charge < -0.3 is 4.90 Å². The van der Waals surface area contributed by atoms with Gasteiger partial charge in [-0.05, 0) is 61.1 Å². The van der Waals surface area contributed by atoms with Crippen molar-refractivity contribution in [3.8, 4) is 6.07 Å². The van der Waals surface area contributed by atoms with Crippen LogP contribution in [0.2, 0.25) is 0 Å². The van der Waals surface area contributed by atoms with E-state index in [0.29, 0.717) is 36.6 Å². The number of rotatable bonds is 6. The van der Waals surface area contributed by atoms with Gasteiger partial charge in [0.1, 0.15) is 11.6 Å². The third kappa shape index (κ3) is 3.45. The molecule has 1 aliphatic carbocycles. The van der Waals surface area contributed by atoms with E-state index in [4.69, 9.17) is 0 Å². The first kappa shape index (κ1) is 17.7. The average Bonchev–Trinajstić information content (AvgIpc) is 3.20. The Balaban J connectivity index is 1.52. The van der Waals surface area contributed by atoms with E-state index in [0.717, 1.165) is 29.8 Å². The van der Waals surface area contributed by atoms with Crippen LogP contribution < -0.4 is 0 Å². The Morgan fingerprint density at radius 1 is 1.44 bits per heavy atom. The van der Waals surface area contributed by atoms with Crippen LogP contribution in [0.5, 0.6) is 0 Å². The van der Waals surface area contributed by atoms with Crippen molar-refractivity contribution < 1.29 is 4.79 Å². The second-order valence-electron chi connectivity index (χ2n) is 7.05. The number of hydrogen-bond acceptors (Lipinski definition) is 5. The van der Waals surface area contributed by atoms with Gasteiger partial charge in [-0.25, -0.2) is 9.50 Å². The Morgan fingerprint density at radius 3 is 2.93 bits per heavy atom. The van der Waals surface area contributed by atoms with Crippen molar-refractivity contribution in [1.29, 1.82) is 5.26 Å². The lowest BCUT2D eigenvalue weighted by molar-refractivity contribution is -0.132. The highest BCUT2D eigenvalue weighted by Gasteiger charge is 2.32. The summed E-state index contributed by atoms with van der Waals surface area (Å²) in [6, 6.07) is 4.60. The highest BCUT2D eigenvalue weighted by atomic mass is 32.1. The fourth-order valence-electron chi connectivity index (χ4n) is 3.51. The number of aryl methyl sites for hydroxylation is 2. The number of hydrogen-bond donors (Lipinski definition) is 0. The first-order chi connectivity index (χ1) is 13.1. The van der Waals surface area contributed by atoms with Crippen molar-refractivity contribution in [2.24, 2.45) is 0 Å². The van der Waals surface area contributed by atoms with Crippen LogP contribution in [0.15, 0.2) is 23.0 Å². The maximum Gasteiger partial charge on any atom is 0.223 e. The number of carbonyl (C=O) groups excluding carboxylic acids is 1. The zero-order valence-electron chi connectivity index (χ0n) is 15.5. The zero-order valence-corrected chi connectivity index (χ0v) is 16.3. The van der Waals surface area contributed by atoms with Gasteiger partial charge in [0.25, 0.3) is 0 Å². The van der Waals surface area contributed by atoms with Crippen LogP contribution in [0.4, 0.5) is 0 Å². The molecule has 1 fully saturated rings. The first-order valence-corrected chi connectivity index (χ1v) is 10.1. The molecule has 0 N–H and O–H groups in total. The molecular formula is C20H21N5OS. The van der Waals surface area contributed by atoms with Gasteiger partial charge in [0.15, 0.2) is 5.65 Å². The van der Waals surface area contributed by atoms with Crippen molar-refractivity contribution in [1.82, 2.24) is 19.5 Å². The first-order valence-electron chi connectivity index (χ1n) is 9.13. The Labute approximate surface area is 162 Å². The van der Waals surface area contributed by atoms with Gasteiger partial charge in [0.2, 0.25) is 5.91 Å². The standard InChI is InChI=1S/C20H21N5OS/c1-13-18(14(2)25-20(23-13)16(9-21)10-22-25)5-6-19(26)24(17-3-4-17)11-15-7-8-27-12-15/h7-8,10,12,17H,3-6,11H2,1-2H3. The molecule has 7 heteroatoms. The van der Waals surface area contributed by atoms with Crippen molar-refractivity contribution in [3.63, 3.8) is 0 Å². The summed E-state index contributed by atoms with van der Waals surface area (Å²) in [4.78, 5) is 19.5. The number of carbonyl (C=O) groups is 1. The van der Waals surface area contributed by atoms with E-state index < -0.39 is 0 Å². The predicted molar refractivity (Wildman–Crippen MR) is 103 cm³/mol. The maximum absolute atomic E-state index is 12.9. The van der Waals surface area contributed by atoms with E-state index in [1.807, 2.05) is 18.7 Å². The van der Waals surface area contributed by atoms with Crippen LogP contribution in [-0.2, 0) is 17.8 Å². The molecule has 0 atom stereocenters. The molecule has 3 aromatic heterocycles. The third-order valence-corrected chi connectivity index (χ3v) is 5.89. The highest BCUT2D eigenvalue weighted by Crippen LogP contribution is 2.30. The number of fused-ring (bicyclic) bond motifs is 1. The summed E-state index contributed by atoms with van der Waals surface area (Å²) in [7, 11) is 0. The largest absolute Gasteiger partial charge is 0.335 e. The van der Waals surface area contributed by atoms with Gasteiger partial charge in [-0.3, -0.25) is 4.79 Å². The van der Waals surface area contributed by atoms with Gasteiger partial charge in [-0.2, -0.15) is 21.7 Å². The highest BCUT2D eigenvalue weighted by molar-refractivity contribution is 7.07. The van der Waals surface area contributed by atoms with Crippen LogP contribution in [0.3, 0.4) is 0 Å². The van der Waals surface area contributed by atoms with Crippen molar-refractivity contribution in [3.05, 3.63) is 51.1 Å². The van der Waals surface area contributed by atoms with Crippen molar-refractivity contribution in [2.45, 2.75) is 52.1 Å². The van der Waals surface area contributed by atoms with Gasteiger partial charge in [0.05, 0.1) is 6.20 Å². The van der Waals surface area contributed by atoms with E-state index >= 15 is 0 Å². The molecule has 27 heavy (non-hydrogen) atoms. The van der Waals surface area contributed by atoms with Crippen molar-refractivity contribution in [2.75, 3.05) is 0 Å². The topological polar surface area (TPSA) is 74.3 Å². The molecule has 0 saturated heterocycles. The molecule has 1 saturated carbocycles. The molecule has 0 unspecified atom stereocenters. The number of thiophene rings is 1. The molecule has 0 aliphatic heterocycles. The molecule has 0 spiro atoms. The zero-order chi connectivity index (χ0) is 19.0. The number of nitriles is 1. The minimum Gasteiger partial charge on any atom is -0.335 e. The van der Waals surface area contributed by atoms with Crippen LogP contribution in [-0.4, -0.2) is 31.4 Å². The lowest BCUT2D eigenvalue weighted by Gasteiger charge is -2.22. The third-order valence-electron chi connectivity index (χ3n) is 5.16. The second-order valence-corrected chi connectivity index (χ2v) is 7.83. The second kappa shape index (κ2) is 7.12. The quantitative estimate of drug-likeness (QED) is 0.658. The maximum atomic E-state index is 12.9. The molecule has 0 bridgehead atoms. The molecule has 1 aliphatic rings. The molecular weight excluding hydrogens is 358 g/mol. The normalized spacial score (nSPS) is 13.7. The van der Waals surface area contributed by atoms with Crippen LogP contribution in [0.25, 0.3) is 5.65 Å². The van der Waals surface area contributed by atoms with Crippen molar-refractivity contribution >= 4 is 22.9 Å². The van der Waals surface area contributed by atoms with E-state index in [-0.39, 0.29) is 5.91 Å². The molecule has 4 rings (SSSR count). The Bertz CT molecular complexity index is 1030. The minimum atomic E-state index is 0.195. The summed E-state index contributed by atoms with van der Waals surface area (Å²) >= 11 is 1.67. The molecule has 6 nitrogen and oxygen atoms in total. The fraction of sp³-hybridized carbons (Fsp3) is 0.400. The van der Waals surface area contributed by atoms with Crippen LogP contribution in [0, 0.1) is 25.2 Å². The summed E-state index contributed by atoms with van der Waals surface area (Å²) in [5, 5.41) is 17.6. The van der Waals surface area contributed by atoms with E-state index in [1.165, 1.54) is 5.56 Å². The van der Waals surface area contributed by atoms with E-state index in [1.54, 1.807) is 22.0 Å². The summed E-state index contributed by atoms with van der Waals surface area (Å²) in [6.07, 6.45) is 4.84. The summed E-state index contributed by atoms with van der Waals surface area (Å²) in [5.74, 6) is 0.195. The summed E-state index contributed by atoms with van der Waals surface area (Å²) in [6.45, 7) is 4.61. The van der Waals surface area contributed by atoms with Gasteiger partial charge in [-0.15, -0.1) is 0 Å². The molecule has 138 valence electrons. The number of nitrogens with zero attached hydrogens (tertiary/aromatic N) is 5. The molecule has 1 amide bonds. The lowest BCUT2D eigenvalue weighted by Crippen LogP contribution is -2.32. The number of amides is 1. The van der Waals surface area contributed by atoms with Gasteiger partial charge in [-0.1, -0.05) is 0 Å². The molecule has 3 heterocycles. The van der Waals surface area contributed by atoms with Gasteiger partial charge >= 0.3 is 0 Å². The Morgan fingerprint density at radius 2 is 2.26 bits per heavy atom. The smallest absolute Gasteiger partial charge is 0.223 e. The van der Waals surface area contributed by atoms with Crippen LogP contribution >= 0.6 is 11.3 Å². The molecule has 3 aromatic rings. The van der Waals surface area contributed by atoms with E-state index in [2.05, 4.69) is 33.0 Å². The summed E-state index contributed by atoms with van der Waals surface area (Å²) in [5.41, 5.74) is 5.10. The van der Waals surface area contributed by atoms with E-state index in [9.17, 15) is 10.1 Å². The Hall–Kier alpha value is -2.72. The summed E-state index contributed by atoms with van der Waals surface area (Å²) < 4.78 is 1.70. The SMILES string of the molecule is Cc1nc2c(C#N)cnn2c(C)c1CCC(=O)N(Cc1ccsc1)C1CC1. The predicted octanol–water partition coefficient (Wildman–Crippen LogP) is 3.40. The molecule has 0 radical (unpaired) electrons.